The van der Waals surface area contributed by atoms with Crippen LogP contribution in [0.2, 0.25) is 0 Å². The molecule has 0 fully saturated rings. The van der Waals surface area contributed by atoms with Crippen LogP contribution in [0.5, 0.6) is 0 Å². The first kappa shape index (κ1) is 14.5. The highest BCUT2D eigenvalue weighted by Gasteiger charge is 2.12. The van der Waals surface area contributed by atoms with Gasteiger partial charge in [0.15, 0.2) is 0 Å². The summed E-state index contributed by atoms with van der Waals surface area (Å²) < 4.78 is 0. The number of likely N-dealkylation sites (N-methyl/N-ethyl adjacent to an activating group) is 1. The molecular formula is C14H23N3O. The van der Waals surface area contributed by atoms with Crippen LogP contribution in [-0.4, -0.2) is 44.5 Å². The van der Waals surface area contributed by atoms with Crippen molar-refractivity contribution < 1.29 is 4.79 Å². The number of hydrogen-bond donors (Lipinski definition) is 2. The van der Waals surface area contributed by atoms with Gasteiger partial charge in [-0.1, -0.05) is 0 Å². The molecule has 1 rings (SSSR count). The summed E-state index contributed by atoms with van der Waals surface area (Å²) in [5.74, 6) is -0.00972. The van der Waals surface area contributed by atoms with Crippen LogP contribution in [0.25, 0.3) is 0 Å². The first-order valence-corrected chi connectivity index (χ1v) is 6.18. The van der Waals surface area contributed by atoms with Crippen molar-refractivity contribution in [2.75, 3.05) is 33.0 Å². The Morgan fingerprint density at radius 2 is 2.06 bits per heavy atom. The van der Waals surface area contributed by atoms with Crippen LogP contribution in [0.3, 0.4) is 0 Å². The molecule has 0 aliphatic heterocycles. The van der Waals surface area contributed by atoms with Crippen LogP contribution < -0.4 is 10.6 Å². The summed E-state index contributed by atoms with van der Waals surface area (Å²) in [6, 6.07) is 5.89. The Balaban J connectivity index is 2.72. The highest BCUT2D eigenvalue weighted by Crippen LogP contribution is 2.14. The predicted octanol–water partition coefficient (Wildman–Crippen LogP) is 1.72. The van der Waals surface area contributed by atoms with Crippen molar-refractivity contribution >= 4 is 11.6 Å². The highest BCUT2D eigenvalue weighted by atomic mass is 16.1. The number of benzene rings is 1. The molecule has 100 valence electrons. The Hall–Kier alpha value is -1.55. The number of amides is 1. The van der Waals surface area contributed by atoms with Crippen molar-refractivity contribution in [3.8, 4) is 0 Å². The summed E-state index contributed by atoms with van der Waals surface area (Å²) in [6.07, 6.45) is 0. The minimum Gasteiger partial charge on any atom is -0.388 e. The molecule has 0 saturated heterocycles. The molecule has 4 nitrogen and oxygen atoms in total. The monoisotopic (exact) mass is 249 g/mol. The predicted molar refractivity (Wildman–Crippen MR) is 76.2 cm³/mol. The zero-order chi connectivity index (χ0) is 13.7. The second kappa shape index (κ2) is 6.40. The lowest BCUT2D eigenvalue weighted by Gasteiger charge is -2.19. The van der Waals surface area contributed by atoms with Gasteiger partial charge < -0.3 is 15.5 Å². The average Bonchev–Trinajstić information content (AvgIpc) is 2.27. The third-order valence-corrected chi connectivity index (χ3v) is 2.78. The lowest BCUT2D eigenvalue weighted by molar-refractivity contribution is 0.0934. The zero-order valence-electron chi connectivity index (χ0n) is 11.9. The Morgan fingerprint density at radius 3 is 2.56 bits per heavy atom. The number of carbonyl (C=O) groups is 1. The molecule has 2 N–H and O–H groups in total. The minimum absolute atomic E-state index is 0.00972. The van der Waals surface area contributed by atoms with Gasteiger partial charge in [0.05, 0.1) is 0 Å². The number of rotatable bonds is 5. The number of nitrogens with zero attached hydrogens (tertiary/aromatic N) is 1. The second-order valence-electron chi connectivity index (χ2n) is 4.92. The summed E-state index contributed by atoms with van der Waals surface area (Å²) >= 11 is 0. The van der Waals surface area contributed by atoms with Crippen molar-refractivity contribution in [3.05, 3.63) is 29.3 Å². The third-order valence-electron chi connectivity index (χ3n) is 2.78. The topological polar surface area (TPSA) is 44.4 Å². The zero-order valence-corrected chi connectivity index (χ0v) is 11.9. The van der Waals surface area contributed by atoms with Gasteiger partial charge in [-0.2, -0.15) is 0 Å². The van der Waals surface area contributed by atoms with Gasteiger partial charge in [0.2, 0.25) is 0 Å². The molecule has 0 aliphatic carbocycles. The third kappa shape index (κ3) is 4.04. The van der Waals surface area contributed by atoms with E-state index in [9.17, 15) is 4.79 Å². The molecule has 0 saturated carbocycles. The second-order valence-corrected chi connectivity index (χ2v) is 4.92. The van der Waals surface area contributed by atoms with E-state index in [-0.39, 0.29) is 11.9 Å². The lowest BCUT2D eigenvalue weighted by Crippen LogP contribution is -2.39. The normalized spacial score (nSPS) is 12.3. The number of carbonyl (C=O) groups excluding carboxylic acids is 1. The Bertz CT molecular complexity index is 416. The first-order chi connectivity index (χ1) is 8.43. The van der Waals surface area contributed by atoms with E-state index in [4.69, 9.17) is 0 Å². The molecule has 1 aromatic rings. The molecule has 1 unspecified atom stereocenters. The van der Waals surface area contributed by atoms with Crippen molar-refractivity contribution in [2.45, 2.75) is 19.9 Å². The van der Waals surface area contributed by atoms with Gasteiger partial charge in [0.25, 0.3) is 5.91 Å². The maximum atomic E-state index is 12.1. The van der Waals surface area contributed by atoms with Crippen molar-refractivity contribution in [1.29, 1.82) is 0 Å². The van der Waals surface area contributed by atoms with Crippen molar-refractivity contribution in [1.82, 2.24) is 10.2 Å². The summed E-state index contributed by atoms with van der Waals surface area (Å²) in [5.41, 5.74) is 2.74. The maximum Gasteiger partial charge on any atom is 0.251 e. The van der Waals surface area contributed by atoms with Gasteiger partial charge in [-0.25, -0.2) is 0 Å². The van der Waals surface area contributed by atoms with E-state index in [0.29, 0.717) is 0 Å². The smallest absolute Gasteiger partial charge is 0.251 e. The van der Waals surface area contributed by atoms with Crippen LogP contribution in [0.4, 0.5) is 5.69 Å². The molecule has 18 heavy (non-hydrogen) atoms. The summed E-state index contributed by atoms with van der Waals surface area (Å²) in [4.78, 5) is 14.2. The summed E-state index contributed by atoms with van der Waals surface area (Å²) in [7, 11) is 5.86. The van der Waals surface area contributed by atoms with Gasteiger partial charge in [0, 0.05) is 30.9 Å². The van der Waals surface area contributed by atoms with Crippen molar-refractivity contribution in [2.24, 2.45) is 0 Å². The highest BCUT2D eigenvalue weighted by molar-refractivity contribution is 5.96. The van der Waals surface area contributed by atoms with Crippen molar-refractivity contribution in [3.63, 3.8) is 0 Å². The minimum atomic E-state index is -0.00972. The molecule has 0 spiro atoms. The van der Waals surface area contributed by atoms with Gasteiger partial charge in [-0.3, -0.25) is 4.79 Å². The van der Waals surface area contributed by atoms with Crippen LogP contribution in [-0.2, 0) is 0 Å². The molecule has 0 radical (unpaired) electrons. The summed E-state index contributed by atoms with van der Waals surface area (Å²) in [6.45, 7) is 4.79. The lowest BCUT2D eigenvalue weighted by atomic mass is 10.1. The van der Waals surface area contributed by atoms with Gasteiger partial charge in [-0.05, 0) is 51.7 Å². The molecular weight excluding hydrogens is 226 g/mol. The maximum absolute atomic E-state index is 12.1. The quantitative estimate of drug-likeness (QED) is 0.835. The number of anilines is 1. The van der Waals surface area contributed by atoms with E-state index in [0.717, 1.165) is 23.4 Å². The Morgan fingerprint density at radius 1 is 1.39 bits per heavy atom. The van der Waals surface area contributed by atoms with E-state index in [1.54, 1.807) is 0 Å². The Kier molecular flexibility index (Phi) is 5.16. The SMILES string of the molecule is CNc1ccc(C(=O)NC(C)CN(C)C)c(C)c1. The first-order valence-electron chi connectivity index (χ1n) is 6.18. The fourth-order valence-electron chi connectivity index (χ4n) is 1.97. The van der Waals surface area contributed by atoms with Crippen LogP contribution in [0, 0.1) is 6.92 Å². The number of aryl methyl sites for hydroxylation is 1. The van der Waals surface area contributed by atoms with E-state index >= 15 is 0 Å². The van der Waals surface area contributed by atoms with Gasteiger partial charge in [0.1, 0.15) is 0 Å². The van der Waals surface area contributed by atoms with E-state index in [1.807, 2.05) is 53.2 Å². The van der Waals surface area contributed by atoms with Gasteiger partial charge >= 0.3 is 0 Å². The molecule has 1 atom stereocenters. The molecule has 0 heterocycles. The average molecular weight is 249 g/mol. The fraction of sp³-hybridized carbons (Fsp3) is 0.500. The Labute approximate surface area is 109 Å². The molecule has 1 amide bonds. The number of nitrogens with one attached hydrogen (secondary N) is 2. The number of hydrogen-bond acceptors (Lipinski definition) is 3. The van der Waals surface area contributed by atoms with E-state index < -0.39 is 0 Å². The van der Waals surface area contributed by atoms with E-state index in [2.05, 4.69) is 15.5 Å². The summed E-state index contributed by atoms with van der Waals surface area (Å²) in [5, 5.41) is 6.07. The largest absolute Gasteiger partial charge is 0.388 e. The van der Waals surface area contributed by atoms with Crippen LogP contribution >= 0.6 is 0 Å². The standard InChI is InChI=1S/C14H23N3O/c1-10-8-12(15-3)6-7-13(10)14(18)16-11(2)9-17(4)5/h6-8,11,15H,9H2,1-5H3,(H,16,18). The van der Waals surface area contributed by atoms with Crippen LogP contribution in [0.1, 0.15) is 22.8 Å². The fourth-order valence-corrected chi connectivity index (χ4v) is 1.97. The molecule has 4 heteroatoms. The molecule has 0 aromatic heterocycles. The van der Waals surface area contributed by atoms with E-state index in [1.165, 1.54) is 0 Å². The molecule has 1 aromatic carbocycles. The molecule has 0 aliphatic rings. The van der Waals surface area contributed by atoms with Gasteiger partial charge in [-0.15, -0.1) is 0 Å². The molecule has 0 bridgehead atoms. The van der Waals surface area contributed by atoms with Crippen LogP contribution in [0.15, 0.2) is 18.2 Å².